The molecule has 0 bridgehead atoms. The van der Waals surface area contributed by atoms with Crippen LogP contribution in [-0.4, -0.2) is 48.4 Å². The van der Waals surface area contributed by atoms with Gasteiger partial charge in [-0.3, -0.25) is 14.4 Å². The van der Waals surface area contributed by atoms with Gasteiger partial charge in [0.05, 0.1) is 13.0 Å². The number of nitrogens with one attached hydrogen (secondary N) is 1. The van der Waals surface area contributed by atoms with Gasteiger partial charge in [-0.15, -0.1) is 0 Å². The molecule has 21 heavy (non-hydrogen) atoms. The zero-order valence-corrected chi connectivity index (χ0v) is 11.7. The monoisotopic (exact) mass is 298 g/mol. The quantitative estimate of drug-likeness (QED) is 0.593. The number of nitrogens with zero attached hydrogens (tertiary/aromatic N) is 1. The van der Waals surface area contributed by atoms with Gasteiger partial charge in [-0.2, -0.15) is 0 Å². The second-order valence-electron chi connectivity index (χ2n) is 4.15. The summed E-state index contributed by atoms with van der Waals surface area (Å²) in [6.07, 6.45) is 1.30. The maximum absolute atomic E-state index is 11.9. The highest BCUT2D eigenvalue weighted by molar-refractivity contribution is 5.77. The number of aliphatic carboxylic acids is 1. The van der Waals surface area contributed by atoms with Crippen LogP contribution in [-0.2, 0) is 20.9 Å². The van der Waals surface area contributed by atoms with Gasteiger partial charge in [-0.1, -0.05) is 0 Å². The zero-order valence-electron chi connectivity index (χ0n) is 11.7. The second-order valence-corrected chi connectivity index (χ2v) is 4.15. The van der Waals surface area contributed by atoms with Gasteiger partial charge >= 0.3 is 5.97 Å². The molecular weight excluding hydrogens is 280 g/mol. The Labute approximate surface area is 121 Å². The average molecular weight is 298 g/mol. The van der Waals surface area contributed by atoms with E-state index in [1.165, 1.54) is 23.9 Å². The first-order chi connectivity index (χ1) is 10.0. The van der Waals surface area contributed by atoms with Crippen molar-refractivity contribution in [3.63, 3.8) is 0 Å². The molecule has 116 valence electrons. The fraction of sp³-hybridized carbons (Fsp3) is 0.462. The van der Waals surface area contributed by atoms with Crippen LogP contribution in [0, 0.1) is 0 Å². The van der Waals surface area contributed by atoms with E-state index < -0.39 is 11.5 Å². The summed E-state index contributed by atoms with van der Waals surface area (Å²) >= 11 is 0. The average Bonchev–Trinajstić information content (AvgIpc) is 2.45. The number of rotatable bonds is 9. The Kier molecular flexibility index (Phi) is 6.96. The molecule has 0 aromatic carbocycles. The number of carboxylic acid groups (broad SMARTS) is 1. The number of aromatic nitrogens is 1. The molecule has 8 nitrogen and oxygen atoms in total. The van der Waals surface area contributed by atoms with Crippen LogP contribution >= 0.6 is 0 Å². The van der Waals surface area contributed by atoms with Crippen molar-refractivity contribution in [2.24, 2.45) is 0 Å². The molecular formula is C13H18N2O6. The molecule has 2 N–H and O–H groups in total. The number of pyridine rings is 1. The smallest absolute Gasteiger partial charge is 0.305 e. The van der Waals surface area contributed by atoms with Crippen LogP contribution in [0.2, 0.25) is 0 Å². The van der Waals surface area contributed by atoms with Crippen LogP contribution in [0.4, 0.5) is 0 Å². The Balaban J connectivity index is 2.55. The number of amides is 1. The van der Waals surface area contributed by atoms with E-state index in [1.807, 2.05) is 0 Å². The fourth-order valence-electron chi connectivity index (χ4n) is 1.50. The largest absolute Gasteiger partial charge is 0.481 e. The molecule has 1 aromatic rings. The van der Waals surface area contributed by atoms with E-state index >= 15 is 0 Å². The first kappa shape index (κ1) is 16.7. The molecule has 0 aliphatic carbocycles. The minimum Gasteiger partial charge on any atom is -0.481 e. The van der Waals surface area contributed by atoms with Gasteiger partial charge in [0.1, 0.15) is 0 Å². The van der Waals surface area contributed by atoms with E-state index in [2.05, 4.69) is 5.32 Å². The van der Waals surface area contributed by atoms with Gasteiger partial charge < -0.3 is 24.5 Å². The van der Waals surface area contributed by atoms with Crippen molar-refractivity contribution in [1.82, 2.24) is 9.88 Å². The molecule has 0 unspecified atom stereocenters. The minimum atomic E-state index is -0.995. The van der Waals surface area contributed by atoms with E-state index in [4.69, 9.17) is 14.6 Å². The summed E-state index contributed by atoms with van der Waals surface area (Å²) in [5.74, 6) is -1.36. The number of aryl methyl sites for hydroxylation is 1. The van der Waals surface area contributed by atoms with Gasteiger partial charge in [0.15, 0.2) is 12.4 Å². The molecule has 1 heterocycles. The van der Waals surface area contributed by atoms with Crippen molar-refractivity contribution >= 4 is 11.9 Å². The molecule has 1 aromatic heterocycles. The Morgan fingerprint density at radius 1 is 1.43 bits per heavy atom. The zero-order chi connectivity index (χ0) is 15.7. The number of ether oxygens (including phenoxy) is 2. The molecule has 8 heteroatoms. The number of hydrogen-bond acceptors (Lipinski definition) is 5. The highest BCUT2D eigenvalue weighted by Crippen LogP contribution is 2.02. The third-order valence-corrected chi connectivity index (χ3v) is 2.54. The van der Waals surface area contributed by atoms with E-state index in [1.54, 1.807) is 6.07 Å². The molecule has 0 saturated carbocycles. The molecule has 0 fully saturated rings. The lowest BCUT2D eigenvalue weighted by Gasteiger charge is -2.09. The standard InChI is InChI=1S/C13H18N2O6/c1-20-8-5-14-11(16)9-21-10-3-2-6-15(13(10)19)7-4-12(17)18/h2-3,6H,4-5,7-9H2,1H3,(H,14,16)(H,17,18). The van der Waals surface area contributed by atoms with Crippen molar-refractivity contribution in [2.45, 2.75) is 13.0 Å². The molecule has 1 amide bonds. The third kappa shape index (κ3) is 6.09. The lowest BCUT2D eigenvalue weighted by molar-refractivity contribution is -0.137. The summed E-state index contributed by atoms with van der Waals surface area (Å²) < 4.78 is 11.2. The van der Waals surface area contributed by atoms with Crippen LogP contribution in [0.25, 0.3) is 0 Å². The van der Waals surface area contributed by atoms with Gasteiger partial charge in [-0.05, 0) is 12.1 Å². The maximum Gasteiger partial charge on any atom is 0.305 e. The van der Waals surface area contributed by atoms with Crippen molar-refractivity contribution in [3.05, 3.63) is 28.7 Å². The number of carbonyl (C=O) groups excluding carboxylic acids is 1. The first-order valence-corrected chi connectivity index (χ1v) is 6.34. The van der Waals surface area contributed by atoms with Gasteiger partial charge in [0, 0.05) is 26.4 Å². The molecule has 0 atom stereocenters. The first-order valence-electron chi connectivity index (χ1n) is 6.34. The Bertz CT molecular complexity index is 540. The lowest BCUT2D eigenvalue weighted by atomic mass is 10.4. The second kappa shape index (κ2) is 8.75. The van der Waals surface area contributed by atoms with Crippen LogP contribution in [0.1, 0.15) is 6.42 Å². The predicted octanol–water partition coefficient (Wildman–Crippen LogP) is -0.536. The molecule has 0 spiro atoms. The summed E-state index contributed by atoms with van der Waals surface area (Å²) in [6.45, 7) is 0.503. The van der Waals surface area contributed by atoms with Crippen molar-refractivity contribution in [1.29, 1.82) is 0 Å². The van der Waals surface area contributed by atoms with Crippen molar-refractivity contribution in [3.8, 4) is 5.75 Å². The van der Waals surface area contributed by atoms with Crippen molar-refractivity contribution in [2.75, 3.05) is 26.9 Å². The molecule has 0 aliphatic heterocycles. The van der Waals surface area contributed by atoms with Crippen LogP contribution in [0.5, 0.6) is 5.75 Å². The summed E-state index contributed by atoms with van der Waals surface area (Å²) in [5.41, 5.74) is -0.469. The summed E-state index contributed by atoms with van der Waals surface area (Å²) in [4.78, 5) is 33.9. The lowest BCUT2D eigenvalue weighted by Crippen LogP contribution is -2.32. The van der Waals surface area contributed by atoms with Crippen LogP contribution < -0.4 is 15.6 Å². The van der Waals surface area contributed by atoms with Crippen molar-refractivity contribution < 1.29 is 24.2 Å². The minimum absolute atomic E-state index is 0.00443. The summed E-state index contributed by atoms with van der Waals surface area (Å²) in [6, 6.07) is 2.99. The Morgan fingerprint density at radius 2 is 2.19 bits per heavy atom. The van der Waals surface area contributed by atoms with Crippen LogP contribution in [0.3, 0.4) is 0 Å². The number of carboxylic acids is 1. The molecule has 0 aliphatic rings. The Morgan fingerprint density at radius 3 is 2.86 bits per heavy atom. The third-order valence-electron chi connectivity index (χ3n) is 2.54. The highest BCUT2D eigenvalue weighted by Gasteiger charge is 2.08. The van der Waals surface area contributed by atoms with Gasteiger partial charge in [0.25, 0.3) is 11.5 Å². The topological polar surface area (TPSA) is 107 Å². The number of methoxy groups -OCH3 is 1. The molecule has 0 radical (unpaired) electrons. The van der Waals surface area contributed by atoms with E-state index in [-0.39, 0.29) is 31.2 Å². The highest BCUT2D eigenvalue weighted by atomic mass is 16.5. The Hall–Kier alpha value is -2.35. The molecule has 0 saturated heterocycles. The van der Waals surface area contributed by atoms with Gasteiger partial charge in [-0.25, -0.2) is 0 Å². The fourth-order valence-corrected chi connectivity index (χ4v) is 1.50. The maximum atomic E-state index is 11.9. The van der Waals surface area contributed by atoms with E-state index in [9.17, 15) is 14.4 Å². The van der Waals surface area contributed by atoms with Crippen LogP contribution in [0.15, 0.2) is 23.1 Å². The number of carbonyl (C=O) groups is 2. The van der Waals surface area contributed by atoms with E-state index in [0.717, 1.165) is 0 Å². The predicted molar refractivity (Wildman–Crippen MR) is 73.3 cm³/mol. The van der Waals surface area contributed by atoms with E-state index in [0.29, 0.717) is 13.2 Å². The summed E-state index contributed by atoms with van der Waals surface area (Å²) in [7, 11) is 1.52. The normalized spacial score (nSPS) is 10.1. The summed E-state index contributed by atoms with van der Waals surface area (Å²) in [5, 5.41) is 11.2. The number of hydrogen-bond donors (Lipinski definition) is 2. The SMILES string of the molecule is COCCNC(=O)COc1cccn(CCC(=O)O)c1=O. The molecule has 1 rings (SSSR count). The van der Waals surface area contributed by atoms with Gasteiger partial charge in [0.2, 0.25) is 0 Å².